The van der Waals surface area contributed by atoms with Gasteiger partial charge in [0.15, 0.2) is 5.82 Å². The Morgan fingerprint density at radius 1 is 1.33 bits per heavy atom. The third-order valence-corrected chi connectivity index (χ3v) is 5.47. The largest absolute Gasteiger partial charge is 0.439 e. The van der Waals surface area contributed by atoms with Gasteiger partial charge in [-0.05, 0) is 36.2 Å². The highest BCUT2D eigenvalue weighted by molar-refractivity contribution is 6.30. The summed E-state index contributed by atoms with van der Waals surface area (Å²) in [5.74, 6) is -1.31. The molecule has 0 radical (unpaired) electrons. The van der Waals surface area contributed by atoms with Gasteiger partial charge in [0.1, 0.15) is 5.82 Å². The van der Waals surface area contributed by atoms with E-state index in [1.54, 1.807) is 25.3 Å². The first-order valence-electron chi connectivity index (χ1n) is 9.47. The van der Waals surface area contributed by atoms with Crippen molar-refractivity contribution in [2.45, 2.75) is 19.6 Å². The van der Waals surface area contributed by atoms with E-state index in [1.807, 2.05) is 0 Å². The maximum absolute atomic E-state index is 14.0. The zero-order chi connectivity index (χ0) is 21.3. The van der Waals surface area contributed by atoms with E-state index in [1.165, 1.54) is 16.7 Å². The summed E-state index contributed by atoms with van der Waals surface area (Å²) in [5, 5.41) is 6.98. The first-order valence-corrected chi connectivity index (χ1v) is 9.85. The Bertz CT molecular complexity index is 1170. The maximum Gasteiger partial charge on any atom is 0.439 e. The van der Waals surface area contributed by atoms with Crippen LogP contribution in [0.4, 0.5) is 4.39 Å². The molecule has 2 N–H and O–H groups in total. The molecule has 0 amide bonds. The van der Waals surface area contributed by atoms with Crippen LogP contribution in [0.5, 0.6) is 0 Å². The smallest absolute Gasteiger partial charge is 0.372 e. The molecular weight excluding hydrogens is 415 g/mol. The summed E-state index contributed by atoms with van der Waals surface area (Å²) >= 11 is 5.82. The van der Waals surface area contributed by atoms with Crippen molar-refractivity contribution in [2.24, 2.45) is 5.92 Å². The standard InChI is InChI=1S/C20H20ClFN4O4/c1-11-4-6-26(19(27)16(11)18-24-20(28)30-25-18)10-13-9-23-5-7-29-17(13)12-2-3-14(21)15(22)8-12/h2-4,6,8,13,17,23H,5,7,9-10H2,1H3,(H,24,25,28)/t13-,17-/m0/s1. The molecule has 3 aromatic rings. The number of aromatic amines is 1. The lowest BCUT2D eigenvalue weighted by Gasteiger charge is -2.26. The summed E-state index contributed by atoms with van der Waals surface area (Å²) in [4.78, 5) is 26.9. The SMILES string of the molecule is Cc1ccn(C[C@@H]2CNCCO[C@H]2c2ccc(Cl)c(F)c2)c(=O)c1-c1noc(=O)[nH]1. The predicted octanol–water partition coefficient (Wildman–Crippen LogP) is 2.27. The molecule has 3 heterocycles. The Labute approximate surface area is 175 Å². The van der Waals surface area contributed by atoms with Crippen LogP contribution in [0.1, 0.15) is 17.2 Å². The van der Waals surface area contributed by atoms with Gasteiger partial charge in [0.2, 0.25) is 0 Å². The Morgan fingerprint density at radius 3 is 2.90 bits per heavy atom. The average molecular weight is 435 g/mol. The number of aromatic nitrogens is 3. The number of aryl methyl sites for hydroxylation is 1. The normalized spacial score (nSPS) is 19.6. The monoisotopic (exact) mass is 434 g/mol. The molecule has 1 aromatic carbocycles. The Morgan fingerprint density at radius 2 is 2.17 bits per heavy atom. The van der Waals surface area contributed by atoms with E-state index in [9.17, 15) is 14.0 Å². The fraction of sp³-hybridized carbons (Fsp3) is 0.350. The number of hydrogen-bond donors (Lipinski definition) is 2. The van der Waals surface area contributed by atoms with E-state index < -0.39 is 17.7 Å². The summed E-state index contributed by atoms with van der Waals surface area (Å²) in [5.41, 5.74) is 1.27. The van der Waals surface area contributed by atoms with E-state index in [4.69, 9.17) is 16.3 Å². The van der Waals surface area contributed by atoms with E-state index in [2.05, 4.69) is 20.0 Å². The molecule has 2 aromatic heterocycles. The lowest BCUT2D eigenvalue weighted by molar-refractivity contribution is 0.0249. The second kappa shape index (κ2) is 8.55. The van der Waals surface area contributed by atoms with Crippen LogP contribution in [0.25, 0.3) is 11.4 Å². The first-order chi connectivity index (χ1) is 14.4. The Kier molecular flexibility index (Phi) is 5.85. The van der Waals surface area contributed by atoms with Gasteiger partial charge in [-0.3, -0.25) is 14.3 Å². The maximum atomic E-state index is 14.0. The van der Waals surface area contributed by atoms with Crippen LogP contribution in [0, 0.1) is 18.7 Å². The van der Waals surface area contributed by atoms with E-state index in [0.29, 0.717) is 37.4 Å². The molecule has 0 unspecified atom stereocenters. The van der Waals surface area contributed by atoms with Gasteiger partial charge >= 0.3 is 5.76 Å². The van der Waals surface area contributed by atoms with Crippen LogP contribution in [0.2, 0.25) is 5.02 Å². The zero-order valence-corrected chi connectivity index (χ0v) is 16.9. The molecule has 0 saturated carbocycles. The highest BCUT2D eigenvalue weighted by atomic mass is 35.5. The highest BCUT2D eigenvalue weighted by Crippen LogP contribution is 2.30. The summed E-state index contributed by atoms with van der Waals surface area (Å²) in [6.07, 6.45) is 1.26. The molecule has 10 heteroatoms. The second-order valence-corrected chi connectivity index (χ2v) is 7.61. The van der Waals surface area contributed by atoms with Crippen LogP contribution < -0.4 is 16.6 Å². The number of hydrogen-bond acceptors (Lipinski definition) is 6. The highest BCUT2D eigenvalue weighted by Gasteiger charge is 2.28. The molecule has 30 heavy (non-hydrogen) atoms. The summed E-state index contributed by atoms with van der Waals surface area (Å²) < 4.78 is 26.1. The van der Waals surface area contributed by atoms with Crippen LogP contribution >= 0.6 is 11.6 Å². The van der Waals surface area contributed by atoms with E-state index in [-0.39, 0.29) is 27.9 Å². The van der Waals surface area contributed by atoms with Gasteiger partial charge in [-0.25, -0.2) is 9.18 Å². The molecule has 8 nitrogen and oxygen atoms in total. The van der Waals surface area contributed by atoms with Gasteiger partial charge in [0, 0.05) is 31.7 Å². The van der Waals surface area contributed by atoms with Crippen LogP contribution in [-0.4, -0.2) is 34.4 Å². The molecule has 0 spiro atoms. The summed E-state index contributed by atoms with van der Waals surface area (Å²) in [6.45, 7) is 3.75. The van der Waals surface area contributed by atoms with Crippen molar-refractivity contribution >= 4 is 11.6 Å². The molecular formula is C20H20ClFN4O4. The van der Waals surface area contributed by atoms with Crippen LogP contribution in [0.3, 0.4) is 0 Å². The number of nitrogens with one attached hydrogen (secondary N) is 2. The molecule has 1 aliphatic rings. The summed E-state index contributed by atoms with van der Waals surface area (Å²) in [6, 6.07) is 6.38. The second-order valence-electron chi connectivity index (χ2n) is 7.20. The van der Waals surface area contributed by atoms with Gasteiger partial charge in [-0.2, -0.15) is 0 Å². The number of nitrogens with zero attached hydrogens (tertiary/aromatic N) is 2. The minimum Gasteiger partial charge on any atom is -0.372 e. The van der Waals surface area contributed by atoms with Gasteiger partial charge < -0.3 is 14.6 Å². The van der Waals surface area contributed by atoms with Gasteiger partial charge in [0.05, 0.1) is 23.3 Å². The average Bonchev–Trinajstić information content (AvgIpc) is 3.00. The van der Waals surface area contributed by atoms with Gasteiger partial charge in [-0.15, -0.1) is 0 Å². The molecule has 158 valence electrons. The lowest BCUT2D eigenvalue weighted by Crippen LogP contribution is -2.33. The molecule has 1 saturated heterocycles. The quantitative estimate of drug-likeness (QED) is 0.653. The number of rotatable bonds is 4. The molecule has 0 bridgehead atoms. The van der Waals surface area contributed by atoms with E-state index in [0.717, 1.165) is 0 Å². The molecule has 1 aliphatic heterocycles. The number of pyridine rings is 1. The van der Waals surface area contributed by atoms with Gasteiger partial charge in [-0.1, -0.05) is 22.8 Å². The third kappa shape index (κ3) is 4.09. The fourth-order valence-corrected chi connectivity index (χ4v) is 3.81. The van der Waals surface area contributed by atoms with Crippen LogP contribution in [0.15, 0.2) is 44.6 Å². The molecule has 2 atom stereocenters. The third-order valence-electron chi connectivity index (χ3n) is 5.16. The first kappa shape index (κ1) is 20.5. The Hall–Kier alpha value is -2.75. The fourth-order valence-electron chi connectivity index (χ4n) is 3.69. The lowest BCUT2D eigenvalue weighted by atomic mass is 9.95. The van der Waals surface area contributed by atoms with Crippen molar-refractivity contribution in [1.82, 2.24) is 20.0 Å². The van der Waals surface area contributed by atoms with Crippen LogP contribution in [-0.2, 0) is 11.3 Å². The number of ether oxygens (including phenoxy) is 1. The number of halogens is 2. The molecule has 4 rings (SSSR count). The van der Waals surface area contributed by atoms with E-state index >= 15 is 0 Å². The van der Waals surface area contributed by atoms with Crippen molar-refractivity contribution in [2.75, 3.05) is 19.7 Å². The number of H-pyrrole nitrogens is 1. The minimum atomic E-state index is -0.731. The van der Waals surface area contributed by atoms with Crippen molar-refractivity contribution in [1.29, 1.82) is 0 Å². The predicted molar refractivity (Wildman–Crippen MR) is 108 cm³/mol. The zero-order valence-electron chi connectivity index (χ0n) is 16.2. The van der Waals surface area contributed by atoms with Crippen molar-refractivity contribution in [3.05, 3.63) is 73.3 Å². The Balaban J connectivity index is 1.69. The summed E-state index contributed by atoms with van der Waals surface area (Å²) in [7, 11) is 0. The molecule has 1 fully saturated rings. The van der Waals surface area contributed by atoms with Crippen molar-refractivity contribution in [3.8, 4) is 11.4 Å². The number of benzene rings is 1. The van der Waals surface area contributed by atoms with Crippen molar-refractivity contribution in [3.63, 3.8) is 0 Å². The topological polar surface area (TPSA) is 102 Å². The molecule has 0 aliphatic carbocycles. The minimum absolute atomic E-state index is 0.0445. The van der Waals surface area contributed by atoms with Crippen molar-refractivity contribution < 1.29 is 13.7 Å². The van der Waals surface area contributed by atoms with Gasteiger partial charge in [0.25, 0.3) is 5.56 Å².